The summed E-state index contributed by atoms with van der Waals surface area (Å²) in [5.41, 5.74) is -2.43. The number of aryl methyl sites for hydroxylation is 1. The van der Waals surface area contributed by atoms with Crippen LogP contribution in [0, 0.1) is 5.92 Å². The van der Waals surface area contributed by atoms with Crippen molar-refractivity contribution in [1.82, 2.24) is 0 Å². The lowest BCUT2D eigenvalue weighted by Crippen LogP contribution is -2.41. The normalized spacial score (nSPS) is 13.8. The second kappa shape index (κ2) is 15.9. The van der Waals surface area contributed by atoms with E-state index >= 15 is 0 Å². The topological polar surface area (TPSA) is 18.5 Å². The van der Waals surface area contributed by atoms with Crippen LogP contribution in [-0.4, -0.2) is 20.0 Å². The molecule has 0 aliphatic heterocycles. The molecule has 2 nitrogen and oxygen atoms in total. The Hall–Kier alpha value is -1.28. The summed E-state index contributed by atoms with van der Waals surface area (Å²) in [7, 11) is 3.34. The number of benzene rings is 1. The molecule has 210 valence electrons. The first-order chi connectivity index (χ1) is 16.9. The molecule has 0 saturated heterocycles. The average molecular weight is 527 g/mol. The van der Waals surface area contributed by atoms with Crippen molar-refractivity contribution in [2.75, 3.05) is 14.2 Å². The fourth-order valence-corrected chi connectivity index (χ4v) is 4.99. The van der Waals surface area contributed by atoms with Crippen molar-refractivity contribution in [2.24, 2.45) is 5.92 Å². The number of alkyl halides is 6. The van der Waals surface area contributed by atoms with Crippen molar-refractivity contribution in [3.63, 3.8) is 0 Å². The molecular weight excluding hydrogens is 482 g/mol. The first-order valence-electron chi connectivity index (χ1n) is 13.3. The van der Waals surface area contributed by atoms with Crippen LogP contribution in [-0.2, 0) is 28.2 Å². The van der Waals surface area contributed by atoms with Crippen LogP contribution in [0.4, 0.5) is 26.3 Å². The smallest absolute Gasteiger partial charge is 0.353 e. The molecule has 8 heteroatoms. The van der Waals surface area contributed by atoms with Crippen molar-refractivity contribution < 1.29 is 35.8 Å². The zero-order valence-corrected chi connectivity index (χ0v) is 22.3. The predicted molar refractivity (Wildman–Crippen MR) is 132 cm³/mol. The van der Waals surface area contributed by atoms with Crippen molar-refractivity contribution in [1.29, 1.82) is 0 Å². The number of rotatable bonds is 18. The third-order valence-corrected chi connectivity index (χ3v) is 7.13. The van der Waals surface area contributed by atoms with Gasteiger partial charge in [0.2, 0.25) is 0 Å². The van der Waals surface area contributed by atoms with E-state index in [4.69, 9.17) is 9.47 Å². The van der Waals surface area contributed by atoms with Gasteiger partial charge in [-0.2, -0.15) is 26.3 Å². The van der Waals surface area contributed by atoms with Crippen molar-refractivity contribution >= 4 is 0 Å². The van der Waals surface area contributed by atoms with Gasteiger partial charge in [-0.1, -0.05) is 71.6 Å². The summed E-state index contributed by atoms with van der Waals surface area (Å²) in [6.45, 7) is 4.24. The molecule has 0 saturated carbocycles. The lowest BCUT2D eigenvalue weighted by atomic mass is 9.85. The molecule has 0 N–H and O–H groups in total. The van der Waals surface area contributed by atoms with E-state index in [0.29, 0.717) is 6.42 Å². The molecule has 0 fully saturated rings. The Labute approximate surface area is 213 Å². The molecule has 0 aromatic heterocycles. The highest BCUT2D eigenvalue weighted by Crippen LogP contribution is 2.37. The lowest BCUT2D eigenvalue weighted by Gasteiger charge is -2.38. The van der Waals surface area contributed by atoms with Crippen LogP contribution in [0.3, 0.4) is 0 Å². The molecule has 0 spiro atoms. The molecular formula is C28H44F6O2. The summed E-state index contributed by atoms with van der Waals surface area (Å²) < 4.78 is 90.0. The van der Waals surface area contributed by atoms with Crippen LogP contribution in [0.15, 0.2) is 18.2 Å². The molecule has 0 aliphatic rings. The van der Waals surface area contributed by atoms with Crippen molar-refractivity contribution in [3.8, 4) is 0 Å². The standard InChI is InChI=1S/C28H44F6O2/c1-5-7-8-9-10-14-17-23(26(6-2,35-3)36-4)18-15-12-11-13-16-22-19-24(27(29,30)31)21-25(20-22)28(32,33)34/h19-21,23H,5-18H2,1-4H3. The van der Waals surface area contributed by atoms with Gasteiger partial charge in [-0.05, 0) is 55.9 Å². The van der Waals surface area contributed by atoms with Gasteiger partial charge in [0, 0.05) is 20.1 Å². The number of hydrogen-bond acceptors (Lipinski definition) is 2. The monoisotopic (exact) mass is 526 g/mol. The van der Waals surface area contributed by atoms with Crippen LogP contribution >= 0.6 is 0 Å². The second-order valence-corrected chi connectivity index (χ2v) is 9.69. The quantitative estimate of drug-likeness (QED) is 0.108. The van der Waals surface area contributed by atoms with Gasteiger partial charge in [0.25, 0.3) is 0 Å². The van der Waals surface area contributed by atoms with Crippen LogP contribution in [0.25, 0.3) is 0 Å². The summed E-state index contributed by atoms with van der Waals surface area (Å²) in [4.78, 5) is 0. The predicted octanol–water partition coefficient (Wildman–Crippen LogP) is 9.98. The molecule has 0 amide bonds. The van der Waals surface area contributed by atoms with Crippen molar-refractivity contribution in [3.05, 3.63) is 34.9 Å². The first-order valence-corrected chi connectivity index (χ1v) is 13.3. The Morgan fingerprint density at radius 3 is 1.50 bits per heavy atom. The second-order valence-electron chi connectivity index (χ2n) is 9.69. The highest BCUT2D eigenvalue weighted by atomic mass is 19.4. The van der Waals surface area contributed by atoms with E-state index in [1.165, 1.54) is 32.1 Å². The minimum Gasteiger partial charge on any atom is -0.353 e. The number of ether oxygens (including phenoxy) is 2. The van der Waals surface area contributed by atoms with Gasteiger partial charge < -0.3 is 9.47 Å². The van der Waals surface area contributed by atoms with Gasteiger partial charge in [-0.25, -0.2) is 0 Å². The summed E-state index contributed by atoms with van der Waals surface area (Å²) >= 11 is 0. The Bertz CT molecular complexity index is 685. The molecule has 1 atom stereocenters. The average Bonchev–Trinajstić information content (AvgIpc) is 2.82. The number of hydrogen-bond donors (Lipinski definition) is 0. The number of methoxy groups -OCH3 is 2. The summed E-state index contributed by atoms with van der Waals surface area (Å²) in [5, 5.41) is 0. The van der Waals surface area contributed by atoms with E-state index in [1.807, 2.05) is 6.92 Å². The van der Waals surface area contributed by atoms with E-state index in [2.05, 4.69) is 6.92 Å². The molecule has 0 heterocycles. The van der Waals surface area contributed by atoms with Gasteiger partial charge >= 0.3 is 12.4 Å². The fraction of sp³-hybridized carbons (Fsp3) is 0.786. The van der Waals surface area contributed by atoms with E-state index in [0.717, 1.165) is 57.1 Å². The Kier molecular flexibility index (Phi) is 14.4. The maximum Gasteiger partial charge on any atom is 0.416 e. The van der Waals surface area contributed by atoms with Gasteiger partial charge in [-0.3, -0.25) is 0 Å². The summed E-state index contributed by atoms with van der Waals surface area (Å²) in [6, 6.07) is 1.84. The number of unbranched alkanes of at least 4 members (excludes halogenated alkanes) is 8. The third-order valence-electron chi connectivity index (χ3n) is 7.13. The highest BCUT2D eigenvalue weighted by molar-refractivity contribution is 5.33. The van der Waals surface area contributed by atoms with E-state index in [-0.39, 0.29) is 24.0 Å². The van der Waals surface area contributed by atoms with Crippen LogP contribution < -0.4 is 0 Å². The van der Waals surface area contributed by atoms with Crippen LogP contribution in [0.2, 0.25) is 0 Å². The van der Waals surface area contributed by atoms with Crippen LogP contribution in [0.5, 0.6) is 0 Å². The first kappa shape index (κ1) is 32.7. The van der Waals surface area contributed by atoms with E-state index < -0.39 is 29.3 Å². The van der Waals surface area contributed by atoms with Gasteiger partial charge in [0.1, 0.15) is 0 Å². The molecule has 1 rings (SSSR count). The summed E-state index contributed by atoms with van der Waals surface area (Å²) in [6.07, 6.45) is 3.49. The van der Waals surface area contributed by atoms with Gasteiger partial charge in [0.05, 0.1) is 11.1 Å². The van der Waals surface area contributed by atoms with E-state index in [9.17, 15) is 26.3 Å². The minimum absolute atomic E-state index is 0.0712. The molecule has 0 aliphatic carbocycles. The molecule has 36 heavy (non-hydrogen) atoms. The Morgan fingerprint density at radius 2 is 1.08 bits per heavy atom. The Balaban J connectivity index is 2.62. The number of halogens is 6. The molecule has 1 aromatic rings. The van der Waals surface area contributed by atoms with Gasteiger partial charge in [0.15, 0.2) is 5.79 Å². The molecule has 1 aromatic carbocycles. The van der Waals surface area contributed by atoms with E-state index in [1.54, 1.807) is 14.2 Å². The third kappa shape index (κ3) is 11.0. The lowest BCUT2D eigenvalue weighted by molar-refractivity contribution is -0.244. The SMILES string of the molecule is CCCCCCCCC(CCCCCCc1cc(C(F)(F)F)cc(C(F)(F)F)c1)C(CC)(OC)OC. The van der Waals surface area contributed by atoms with Crippen molar-refractivity contribution in [2.45, 2.75) is 122 Å². The maximum absolute atomic E-state index is 13.1. The molecule has 0 radical (unpaired) electrons. The Morgan fingerprint density at radius 1 is 0.639 bits per heavy atom. The molecule has 0 bridgehead atoms. The fourth-order valence-electron chi connectivity index (χ4n) is 4.99. The summed E-state index contributed by atoms with van der Waals surface area (Å²) in [5.74, 6) is -0.392. The van der Waals surface area contributed by atoms with Gasteiger partial charge in [-0.15, -0.1) is 0 Å². The zero-order valence-electron chi connectivity index (χ0n) is 22.3. The minimum atomic E-state index is -4.81. The maximum atomic E-state index is 13.1. The highest BCUT2D eigenvalue weighted by Gasteiger charge is 2.37. The van der Waals surface area contributed by atoms with Crippen LogP contribution in [0.1, 0.15) is 114 Å². The molecule has 1 unspecified atom stereocenters. The zero-order chi connectivity index (χ0) is 27.2. The largest absolute Gasteiger partial charge is 0.416 e.